The summed E-state index contributed by atoms with van der Waals surface area (Å²) in [5.41, 5.74) is 0.644. The van der Waals surface area contributed by atoms with Crippen LogP contribution in [0.1, 0.15) is 17.5 Å². The number of hydrogen-bond donors (Lipinski definition) is 1. The summed E-state index contributed by atoms with van der Waals surface area (Å²) in [7, 11) is 1.83. The topological polar surface area (TPSA) is 38.0 Å². The zero-order chi connectivity index (χ0) is 11.7. The zero-order valence-electron chi connectivity index (χ0n) is 8.56. The van der Waals surface area contributed by atoms with Gasteiger partial charge in [0.05, 0.1) is 5.02 Å². The number of aryl methyl sites for hydroxylation is 1. The maximum Gasteiger partial charge on any atom is 0.142 e. The molecule has 0 bridgehead atoms. The van der Waals surface area contributed by atoms with Crippen LogP contribution in [0.3, 0.4) is 0 Å². The van der Waals surface area contributed by atoms with Crippen molar-refractivity contribution >= 4 is 27.5 Å². The largest absolute Gasteiger partial charge is 0.380 e. The molecule has 3 nitrogen and oxygen atoms in total. The van der Waals surface area contributed by atoms with Crippen LogP contribution < -0.4 is 0 Å². The van der Waals surface area contributed by atoms with Crippen LogP contribution in [0.2, 0.25) is 5.02 Å². The monoisotopic (exact) mass is 300 g/mol. The van der Waals surface area contributed by atoms with E-state index in [0.29, 0.717) is 16.4 Å². The Kier molecular flexibility index (Phi) is 3.33. The molecule has 16 heavy (non-hydrogen) atoms. The Balaban J connectivity index is 2.46. The number of nitrogens with zero attached hydrogens (tertiary/aromatic N) is 2. The second kappa shape index (κ2) is 4.57. The standard InChI is InChI=1S/C11H10BrClN2O/c1-15-6-5-14-11(15)10(16)7-3-2-4-8(12)9(7)13/h2-6,10,16H,1H3. The lowest BCUT2D eigenvalue weighted by Crippen LogP contribution is -2.07. The third kappa shape index (κ3) is 2.00. The summed E-state index contributed by atoms with van der Waals surface area (Å²) in [6, 6.07) is 5.45. The van der Waals surface area contributed by atoms with Crippen molar-refractivity contribution in [2.24, 2.45) is 7.05 Å². The van der Waals surface area contributed by atoms with Gasteiger partial charge in [-0.3, -0.25) is 0 Å². The van der Waals surface area contributed by atoms with Crippen LogP contribution in [0.25, 0.3) is 0 Å². The molecular formula is C11H10BrClN2O. The van der Waals surface area contributed by atoms with Gasteiger partial charge in [0, 0.05) is 29.5 Å². The summed E-state index contributed by atoms with van der Waals surface area (Å²) in [5, 5.41) is 10.7. The highest BCUT2D eigenvalue weighted by atomic mass is 79.9. The first kappa shape index (κ1) is 11.6. The molecule has 1 atom stereocenters. The molecule has 0 aliphatic rings. The quantitative estimate of drug-likeness (QED) is 0.926. The van der Waals surface area contributed by atoms with Crippen LogP contribution in [0.15, 0.2) is 35.1 Å². The summed E-state index contributed by atoms with van der Waals surface area (Å²) < 4.78 is 2.53. The number of halogens is 2. The molecule has 5 heteroatoms. The van der Waals surface area contributed by atoms with Gasteiger partial charge in [-0.05, 0) is 22.0 Å². The number of rotatable bonds is 2. The predicted octanol–water partition coefficient (Wildman–Crippen LogP) is 2.92. The molecule has 0 aliphatic carbocycles. The summed E-state index contributed by atoms with van der Waals surface area (Å²) in [4.78, 5) is 4.10. The van der Waals surface area contributed by atoms with Crippen molar-refractivity contribution in [2.45, 2.75) is 6.10 Å². The Hall–Kier alpha value is -0.840. The van der Waals surface area contributed by atoms with Crippen molar-refractivity contribution < 1.29 is 5.11 Å². The van der Waals surface area contributed by atoms with Crippen molar-refractivity contribution in [1.82, 2.24) is 9.55 Å². The van der Waals surface area contributed by atoms with Gasteiger partial charge in [-0.1, -0.05) is 23.7 Å². The van der Waals surface area contributed by atoms with E-state index in [-0.39, 0.29) is 0 Å². The Morgan fingerprint density at radius 1 is 1.50 bits per heavy atom. The van der Waals surface area contributed by atoms with Crippen LogP contribution in [0.4, 0.5) is 0 Å². The highest BCUT2D eigenvalue weighted by Crippen LogP contribution is 2.32. The van der Waals surface area contributed by atoms with E-state index in [1.165, 1.54) is 0 Å². The maximum absolute atomic E-state index is 10.2. The molecule has 0 amide bonds. The van der Waals surface area contributed by atoms with Gasteiger partial charge in [-0.15, -0.1) is 0 Å². The highest BCUT2D eigenvalue weighted by molar-refractivity contribution is 9.10. The SMILES string of the molecule is Cn1ccnc1C(O)c1cccc(Br)c1Cl. The summed E-state index contributed by atoms with van der Waals surface area (Å²) >= 11 is 9.44. The van der Waals surface area contributed by atoms with Gasteiger partial charge < -0.3 is 9.67 Å². The average molecular weight is 302 g/mol. The van der Waals surface area contributed by atoms with E-state index in [2.05, 4.69) is 20.9 Å². The van der Waals surface area contributed by atoms with Gasteiger partial charge in [0.15, 0.2) is 0 Å². The Morgan fingerprint density at radius 2 is 2.25 bits per heavy atom. The van der Waals surface area contributed by atoms with Gasteiger partial charge in [0.2, 0.25) is 0 Å². The molecule has 2 aromatic rings. The van der Waals surface area contributed by atoms with Gasteiger partial charge in [0.1, 0.15) is 11.9 Å². The smallest absolute Gasteiger partial charge is 0.142 e. The van der Waals surface area contributed by atoms with Crippen LogP contribution in [0.5, 0.6) is 0 Å². The molecule has 1 N–H and O–H groups in total. The zero-order valence-corrected chi connectivity index (χ0v) is 10.9. The molecule has 84 valence electrons. The first-order valence-electron chi connectivity index (χ1n) is 4.70. The fourth-order valence-corrected chi connectivity index (χ4v) is 2.12. The minimum absolute atomic E-state index is 0.512. The first-order valence-corrected chi connectivity index (χ1v) is 5.87. The fourth-order valence-electron chi connectivity index (χ4n) is 1.51. The van der Waals surface area contributed by atoms with Gasteiger partial charge in [0.25, 0.3) is 0 Å². The van der Waals surface area contributed by atoms with Crippen LogP contribution in [-0.2, 0) is 7.05 Å². The van der Waals surface area contributed by atoms with E-state index >= 15 is 0 Å². The number of aliphatic hydroxyl groups is 1. The molecule has 0 saturated carbocycles. The Morgan fingerprint density at radius 3 is 2.88 bits per heavy atom. The number of hydrogen-bond acceptors (Lipinski definition) is 2. The molecule has 0 aliphatic heterocycles. The molecule has 1 unspecified atom stereocenters. The number of imidazole rings is 1. The number of benzene rings is 1. The lowest BCUT2D eigenvalue weighted by Gasteiger charge is -2.13. The van der Waals surface area contributed by atoms with Crippen LogP contribution >= 0.6 is 27.5 Å². The molecule has 0 saturated heterocycles. The van der Waals surface area contributed by atoms with Crippen molar-refractivity contribution in [1.29, 1.82) is 0 Å². The minimum atomic E-state index is -0.815. The summed E-state index contributed by atoms with van der Waals surface area (Å²) in [5.74, 6) is 0.569. The van der Waals surface area contributed by atoms with Crippen molar-refractivity contribution in [2.75, 3.05) is 0 Å². The normalized spacial score (nSPS) is 12.8. The molecule has 0 radical (unpaired) electrons. The van der Waals surface area contributed by atoms with Gasteiger partial charge in [-0.25, -0.2) is 4.98 Å². The van der Waals surface area contributed by atoms with Crippen LogP contribution in [-0.4, -0.2) is 14.7 Å². The van der Waals surface area contributed by atoms with Crippen molar-refractivity contribution in [3.63, 3.8) is 0 Å². The molecule has 2 rings (SSSR count). The number of aromatic nitrogens is 2. The number of aliphatic hydroxyl groups excluding tert-OH is 1. The second-order valence-electron chi connectivity index (χ2n) is 3.44. The summed E-state index contributed by atoms with van der Waals surface area (Å²) in [6.07, 6.45) is 2.61. The van der Waals surface area contributed by atoms with Crippen molar-refractivity contribution in [3.05, 3.63) is 51.5 Å². The minimum Gasteiger partial charge on any atom is -0.380 e. The third-order valence-corrected chi connectivity index (χ3v) is 3.69. The second-order valence-corrected chi connectivity index (χ2v) is 4.67. The molecule has 0 fully saturated rings. The first-order chi connectivity index (χ1) is 7.61. The lowest BCUT2D eigenvalue weighted by atomic mass is 10.1. The maximum atomic E-state index is 10.2. The van der Waals surface area contributed by atoms with E-state index in [9.17, 15) is 5.11 Å². The average Bonchev–Trinajstić information content (AvgIpc) is 2.68. The van der Waals surface area contributed by atoms with E-state index < -0.39 is 6.10 Å². The Bertz CT molecular complexity index is 512. The summed E-state index contributed by atoms with van der Waals surface area (Å²) in [6.45, 7) is 0. The molecule has 1 aromatic carbocycles. The van der Waals surface area contributed by atoms with E-state index in [0.717, 1.165) is 4.47 Å². The third-order valence-electron chi connectivity index (χ3n) is 2.38. The molecule has 1 aromatic heterocycles. The predicted molar refractivity (Wildman–Crippen MR) is 66.4 cm³/mol. The lowest BCUT2D eigenvalue weighted by molar-refractivity contribution is 0.206. The molecule has 1 heterocycles. The van der Waals surface area contributed by atoms with E-state index in [1.807, 2.05) is 19.2 Å². The van der Waals surface area contributed by atoms with E-state index in [4.69, 9.17) is 11.6 Å². The molecule has 0 spiro atoms. The van der Waals surface area contributed by atoms with Crippen molar-refractivity contribution in [3.8, 4) is 0 Å². The Labute approximate surface area is 107 Å². The van der Waals surface area contributed by atoms with Gasteiger partial charge >= 0.3 is 0 Å². The van der Waals surface area contributed by atoms with Gasteiger partial charge in [-0.2, -0.15) is 0 Å². The highest BCUT2D eigenvalue weighted by Gasteiger charge is 2.18. The van der Waals surface area contributed by atoms with E-state index in [1.54, 1.807) is 23.0 Å². The fraction of sp³-hybridized carbons (Fsp3) is 0.182. The molecular weight excluding hydrogens is 291 g/mol. The van der Waals surface area contributed by atoms with Crippen LogP contribution in [0, 0.1) is 0 Å².